The zero-order chi connectivity index (χ0) is 8.97. The van der Waals surface area contributed by atoms with Crippen molar-refractivity contribution in [1.82, 2.24) is 5.32 Å². The maximum Gasteiger partial charge on any atom is 0.223 e. The van der Waals surface area contributed by atoms with Crippen molar-refractivity contribution in [3.05, 3.63) is 0 Å². The summed E-state index contributed by atoms with van der Waals surface area (Å²) in [5.41, 5.74) is 5.28. The smallest absolute Gasteiger partial charge is 0.223 e. The highest BCUT2D eigenvalue weighted by atomic mass is 32.1. The Morgan fingerprint density at radius 2 is 2.25 bits per heavy atom. The molecule has 3 N–H and O–H groups in total. The summed E-state index contributed by atoms with van der Waals surface area (Å²) in [5, 5.41) is 2.81. The first-order valence-corrected chi connectivity index (χ1v) is 4.67. The number of rotatable bonds is 4. The van der Waals surface area contributed by atoms with E-state index in [0.717, 1.165) is 12.8 Å². The van der Waals surface area contributed by atoms with E-state index in [9.17, 15) is 4.79 Å². The fraction of sp³-hybridized carbons (Fsp3) is 0.750. The van der Waals surface area contributed by atoms with Gasteiger partial charge in [-0.15, -0.1) is 0 Å². The van der Waals surface area contributed by atoms with Crippen LogP contribution in [0.5, 0.6) is 0 Å². The summed E-state index contributed by atoms with van der Waals surface area (Å²) >= 11 is 4.68. The molecule has 1 rings (SSSR count). The topological polar surface area (TPSA) is 55.1 Å². The Bertz CT molecular complexity index is 189. The van der Waals surface area contributed by atoms with Gasteiger partial charge in [-0.25, -0.2) is 0 Å². The van der Waals surface area contributed by atoms with E-state index in [4.69, 9.17) is 5.73 Å². The molecule has 0 aromatic rings. The molecule has 3 nitrogen and oxygen atoms in total. The van der Waals surface area contributed by atoms with Crippen LogP contribution in [0.1, 0.15) is 25.7 Å². The van der Waals surface area contributed by atoms with E-state index < -0.39 is 0 Å². The summed E-state index contributed by atoms with van der Waals surface area (Å²) in [6.07, 6.45) is 3.87. The third kappa shape index (κ3) is 2.77. The summed E-state index contributed by atoms with van der Waals surface area (Å²) in [4.78, 5) is 11.7. The lowest BCUT2D eigenvalue weighted by Crippen LogP contribution is -2.35. The van der Waals surface area contributed by atoms with Crippen LogP contribution in [0.4, 0.5) is 0 Å². The van der Waals surface area contributed by atoms with Crippen molar-refractivity contribution in [2.24, 2.45) is 11.7 Å². The van der Waals surface area contributed by atoms with Gasteiger partial charge in [0.05, 0.1) is 4.99 Å². The summed E-state index contributed by atoms with van der Waals surface area (Å²) in [7, 11) is 0. The van der Waals surface area contributed by atoms with Crippen LogP contribution in [-0.4, -0.2) is 17.4 Å². The maximum absolute atomic E-state index is 11.2. The molecule has 0 radical (unpaired) electrons. The second-order valence-electron chi connectivity index (χ2n) is 3.14. The van der Waals surface area contributed by atoms with Crippen LogP contribution in [0.2, 0.25) is 0 Å². The first-order valence-electron chi connectivity index (χ1n) is 4.26. The summed E-state index contributed by atoms with van der Waals surface area (Å²) in [5.74, 6) is 0.425. The maximum atomic E-state index is 11.2. The monoisotopic (exact) mass is 186 g/mol. The molecule has 0 spiro atoms. The molecule has 0 bridgehead atoms. The lowest BCUT2D eigenvalue weighted by molar-refractivity contribution is -0.127. The van der Waals surface area contributed by atoms with Crippen LogP contribution in [0, 0.1) is 5.92 Å². The molecule has 4 heteroatoms. The second-order valence-corrected chi connectivity index (χ2v) is 3.66. The predicted molar refractivity (Wildman–Crippen MR) is 51.8 cm³/mol. The molecular formula is C8H14N2OS. The standard InChI is InChI=1S/C8H14N2OS/c9-7(12)4-5-10-8(11)6-2-1-3-6/h6H,1-5H2,(H2,9,12)(H,10,11). The SMILES string of the molecule is NC(=S)CCNC(=O)C1CCC1. The molecule has 0 aliphatic heterocycles. The molecule has 0 saturated heterocycles. The summed E-state index contributed by atoms with van der Waals surface area (Å²) < 4.78 is 0. The first kappa shape index (κ1) is 9.45. The third-order valence-corrected chi connectivity index (χ3v) is 2.35. The van der Waals surface area contributed by atoms with E-state index in [2.05, 4.69) is 17.5 Å². The number of nitrogens with two attached hydrogens (primary N) is 1. The van der Waals surface area contributed by atoms with Gasteiger partial charge in [0.15, 0.2) is 0 Å². The number of hydrogen-bond acceptors (Lipinski definition) is 2. The quantitative estimate of drug-likeness (QED) is 0.631. The van der Waals surface area contributed by atoms with Crippen LogP contribution in [0.15, 0.2) is 0 Å². The van der Waals surface area contributed by atoms with Crippen LogP contribution < -0.4 is 11.1 Å². The van der Waals surface area contributed by atoms with E-state index in [0.29, 0.717) is 18.0 Å². The van der Waals surface area contributed by atoms with E-state index in [1.54, 1.807) is 0 Å². The van der Waals surface area contributed by atoms with Gasteiger partial charge in [0.25, 0.3) is 0 Å². The lowest BCUT2D eigenvalue weighted by Gasteiger charge is -2.23. The average molecular weight is 186 g/mol. The molecule has 1 aliphatic rings. The van der Waals surface area contributed by atoms with Crippen molar-refractivity contribution in [3.8, 4) is 0 Å². The number of hydrogen-bond donors (Lipinski definition) is 2. The van der Waals surface area contributed by atoms with Crippen molar-refractivity contribution in [1.29, 1.82) is 0 Å². The van der Waals surface area contributed by atoms with Crippen LogP contribution in [-0.2, 0) is 4.79 Å². The first-order chi connectivity index (χ1) is 5.70. The minimum atomic E-state index is 0.164. The summed E-state index contributed by atoms with van der Waals surface area (Å²) in [6.45, 7) is 0.588. The average Bonchev–Trinajstić information content (AvgIpc) is 1.81. The zero-order valence-electron chi connectivity index (χ0n) is 7.01. The number of thiocarbonyl (C=S) groups is 1. The Labute approximate surface area is 77.7 Å². The number of carbonyl (C=O) groups excluding carboxylic acids is 1. The van der Waals surface area contributed by atoms with Gasteiger partial charge in [-0.3, -0.25) is 4.79 Å². The highest BCUT2D eigenvalue weighted by Crippen LogP contribution is 2.25. The van der Waals surface area contributed by atoms with E-state index >= 15 is 0 Å². The molecule has 68 valence electrons. The third-order valence-electron chi connectivity index (χ3n) is 2.15. The number of carbonyl (C=O) groups is 1. The highest BCUT2D eigenvalue weighted by Gasteiger charge is 2.24. The van der Waals surface area contributed by atoms with Gasteiger partial charge in [0.2, 0.25) is 5.91 Å². The number of nitrogens with one attached hydrogen (secondary N) is 1. The van der Waals surface area contributed by atoms with Gasteiger partial charge in [0, 0.05) is 18.9 Å². The van der Waals surface area contributed by atoms with Gasteiger partial charge in [-0.1, -0.05) is 18.6 Å². The minimum absolute atomic E-state index is 0.164. The molecular weight excluding hydrogens is 172 g/mol. The summed E-state index contributed by atoms with van der Waals surface area (Å²) in [6, 6.07) is 0. The van der Waals surface area contributed by atoms with E-state index in [-0.39, 0.29) is 11.8 Å². The fourth-order valence-electron chi connectivity index (χ4n) is 1.12. The van der Waals surface area contributed by atoms with Crippen molar-refractivity contribution >= 4 is 23.1 Å². The van der Waals surface area contributed by atoms with Gasteiger partial charge >= 0.3 is 0 Å². The van der Waals surface area contributed by atoms with Gasteiger partial charge in [-0.2, -0.15) is 0 Å². The second kappa shape index (κ2) is 4.40. The fourth-order valence-corrected chi connectivity index (χ4v) is 1.23. The lowest BCUT2D eigenvalue weighted by atomic mass is 9.85. The van der Waals surface area contributed by atoms with E-state index in [1.807, 2.05) is 0 Å². The van der Waals surface area contributed by atoms with Crippen molar-refractivity contribution < 1.29 is 4.79 Å². The predicted octanol–water partition coefficient (Wildman–Crippen LogP) is 0.579. The molecule has 0 heterocycles. The largest absolute Gasteiger partial charge is 0.393 e. The molecule has 0 aromatic carbocycles. The van der Waals surface area contributed by atoms with Crippen molar-refractivity contribution in [2.45, 2.75) is 25.7 Å². The van der Waals surface area contributed by atoms with Crippen LogP contribution in [0.25, 0.3) is 0 Å². The Hall–Kier alpha value is -0.640. The Kier molecular flexibility index (Phi) is 3.47. The van der Waals surface area contributed by atoms with Gasteiger partial charge in [0.1, 0.15) is 0 Å². The van der Waals surface area contributed by atoms with E-state index in [1.165, 1.54) is 6.42 Å². The Balaban J connectivity index is 2.05. The van der Waals surface area contributed by atoms with Gasteiger partial charge < -0.3 is 11.1 Å². The van der Waals surface area contributed by atoms with Gasteiger partial charge in [-0.05, 0) is 12.8 Å². The molecule has 1 fully saturated rings. The minimum Gasteiger partial charge on any atom is -0.393 e. The molecule has 0 unspecified atom stereocenters. The Morgan fingerprint density at radius 1 is 1.58 bits per heavy atom. The van der Waals surface area contributed by atoms with Crippen LogP contribution in [0.3, 0.4) is 0 Å². The number of amides is 1. The molecule has 1 aliphatic carbocycles. The molecule has 0 aromatic heterocycles. The van der Waals surface area contributed by atoms with Crippen molar-refractivity contribution in [3.63, 3.8) is 0 Å². The highest BCUT2D eigenvalue weighted by molar-refractivity contribution is 7.80. The molecule has 0 atom stereocenters. The zero-order valence-corrected chi connectivity index (χ0v) is 7.82. The molecule has 1 amide bonds. The molecule has 12 heavy (non-hydrogen) atoms. The van der Waals surface area contributed by atoms with Crippen LogP contribution >= 0.6 is 12.2 Å². The Morgan fingerprint density at radius 3 is 2.67 bits per heavy atom. The van der Waals surface area contributed by atoms with Crippen molar-refractivity contribution in [2.75, 3.05) is 6.54 Å². The normalized spacial score (nSPS) is 16.7. The molecule has 1 saturated carbocycles.